The van der Waals surface area contributed by atoms with Gasteiger partial charge in [-0.1, -0.05) is 17.7 Å². The largest absolute Gasteiger partial charge is 0.491 e. The van der Waals surface area contributed by atoms with Crippen molar-refractivity contribution in [1.82, 2.24) is 4.90 Å². The van der Waals surface area contributed by atoms with E-state index in [2.05, 4.69) is 13.0 Å². The van der Waals surface area contributed by atoms with Crippen LogP contribution >= 0.6 is 0 Å². The molecule has 0 saturated heterocycles. The normalized spacial score (nSPS) is 19.8. The molecule has 1 fully saturated rings. The first-order valence-corrected chi connectivity index (χ1v) is 7.23. The van der Waals surface area contributed by atoms with Gasteiger partial charge >= 0.3 is 0 Å². The number of carbonyl (C=O) groups excluding carboxylic acids is 1. The maximum absolute atomic E-state index is 12.6. The van der Waals surface area contributed by atoms with Crippen molar-refractivity contribution in [2.24, 2.45) is 5.92 Å². The van der Waals surface area contributed by atoms with Crippen LogP contribution in [0.2, 0.25) is 0 Å². The zero-order valence-electron chi connectivity index (χ0n) is 12.1. The summed E-state index contributed by atoms with van der Waals surface area (Å²) in [6, 6.07) is 6.13. The number of ether oxygens (including phenoxy) is 2. The van der Waals surface area contributed by atoms with Crippen molar-refractivity contribution in [3.63, 3.8) is 0 Å². The Hall–Kier alpha value is -1.55. The highest BCUT2D eigenvalue weighted by atomic mass is 16.5. The highest BCUT2D eigenvalue weighted by Crippen LogP contribution is 2.35. The molecule has 1 aliphatic carbocycles. The molecule has 1 saturated carbocycles. The van der Waals surface area contributed by atoms with Crippen LogP contribution < -0.4 is 4.74 Å². The van der Waals surface area contributed by atoms with Crippen molar-refractivity contribution in [3.05, 3.63) is 29.3 Å². The fourth-order valence-electron chi connectivity index (χ4n) is 2.79. The molecule has 3 rings (SSSR count). The first-order valence-electron chi connectivity index (χ1n) is 7.23. The van der Waals surface area contributed by atoms with Crippen LogP contribution in [-0.2, 0) is 16.1 Å². The van der Waals surface area contributed by atoms with Crippen molar-refractivity contribution < 1.29 is 14.3 Å². The summed E-state index contributed by atoms with van der Waals surface area (Å²) in [5.41, 5.74) is 2.27. The van der Waals surface area contributed by atoms with Crippen LogP contribution in [0.15, 0.2) is 18.2 Å². The molecule has 1 aromatic carbocycles. The molecule has 4 nitrogen and oxygen atoms in total. The molecule has 0 bridgehead atoms. The van der Waals surface area contributed by atoms with Gasteiger partial charge in [0.1, 0.15) is 18.5 Å². The van der Waals surface area contributed by atoms with Crippen molar-refractivity contribution in [2.45, 2.75) is 32.4 Å². The van der Waals surface area contributed by atoms with Crippen LogP contribution in [0.5, 0.6) is 5.75 Å². The molecule has 1 aliphatic heterocycles. The Labute approximate surface area is 119 Å². The number of amides is 1. The molecular weight excluding hydrogens is 254 g/mol. The molecule has 20 heavy (non-hydrogen) atoms. The average molecular weight is 275 g/mol. The Morgan fingerprint density at radius 2 is 2.25 bits per heavy atom. The van der Waals surface area contributed by atoms with Crippen molar-refractivity contribution >= 4 is 5.91 Å². The van der Waals surface area contributed by atoms with E-state index in [1.54, 1.807) is 7.11 Å². The highest BCUT2D eigenvalue weighted by Gasteiger charge is 2.38. The molecule has 2 aliphatic rings. The standard InChI is InChI=1S/C16H21NO3/c1-11-3-6-14-13(9-11)10-17(7-8-20-14)16(18)15(19-2)12-4-5-12/h3,6,9,12,15H,4-5,7-8,10H2,1-2H3. The van der Waals surface area contributed by atoms with E-state index in [9.17, 15) is 4.79 Å². The molecule has 1 atom stereocenters. The van der Waals surface area contributed by atoms with E-state index in [-0.39, 0.29) is 12.0 Å². The Balaban J connectivity index is 1.79. The van der Waals surface area contributed by atoms with Crippen molar-refractivity contribution in [1.29, 1.82) is 0 Å². The van der Waals surface area contributed by atoms with Crippen LogP contribution in [0.1, 0.15) is 24.0 Å². The third-order valence-corrected chi connectivity index (χ3v) is 4.06. The third kappa shape index (κ3) is 2.66. The van der Waals surface area contributed by atoms with E-state index in [1.807, 2.05) is 17.0 Å². The van der Waals surface area contributed by atoms with E-state index in [1.165, 1.54) is 5.56 Å². The topological polar surface area (TPSA) is 38.8 Å². The van der Waals surface area contributed by atoms with E-state index < -0.39 is 0 Å². The Morgan fingerprint density at radius 3 is 2.95 bits per heavy atom. The van der Waals surface area contributed by atoms with Gasteiger partial charge in [-0.15, -0.1) is 0 Å². The van der Waals surface area contributed by atoms with Crippen LogP contribution in [0.3, 0.4) is 0 Å². The van der Waals surface area contributed by atoms with Gasteiger partial charge < -0.3 is 14.4 Å². The van der Waals surface area contributed by atoms with Gasteiger partial charge in [-0.05, 0) is 31.7 Å². The number of hydrogen-bond donors (Lipinski definition) is 0. The summed E-state index contributed by atoms with van der Waals surface area (Å²) < 4.78 is 11.1. The summed E-state index contributed by atoms with van der Waals surface area (Å²) in [6.07, 6.45) is 1.93. The van der Waals surface area contributed by atoms with Crippen LogP contribution in [0.4, 0.5) is 0 Å². The fourth-order valence-corrected chi connectivity index (χ4v) is 2.79. The second-order valence-electron chi connectivity index (χ2n) is 5.71. The highest BCUT2D eigenvalue weighted by molar-refractivity contribution is 5.81. The second-order valence-corrected chi connectivity index (χ2v) is 5.71. The molecule has 108 valence electrons. The molecule has 1 amide bonds. The van der Waals surface area contributed by atoms with Crippen LogP contribution in [0.25, 0.3) is 0 Å². The zero-order chi connectivity index (χ0) is 14.1. The fraction of sp³-hybridized carbons (Fsp3) is 0.562. The quantitative estimate of drug-likeness (QED) is 0.848. The molecular formula is C16H21NO3. The predicted molar refractivity (Wildman–Crippen MR) is 75.6 cm³/mol. The summed E-state index contributed by atoms with van der Waals surface area (Å²) in [4.78, 5) is 14.5. The minimum atomic E-state index is -0.277. The molecule has 0 aromatic heterocycles. The minimum Gasteiger partial charge on any atom is -0.491 e. The average Bonchev–Trinajstić information content (AvgIpc) is 3.25. The second kappa shape index (κ2) is 5.44. The zero-order valence-corrected chi connectivity index (χ0v) is 12.1. The molecule has 1 heterocycles. The lowest BCUT2D eigenvalue weighted by Crippen LogP contribution is -2.41. The Morgan fingerprint density at radius 1 is 1.45 bits per heavy atom. The Kier molecular flexibility index (Phi) is 3.66. The number of nitrogens with zero attached hydrogens (tertiary/aromatic N) is 1. The molecule has 0 radical (unpaired) electrons. The van der Waals surface area contributed by atoms with Crippen LogP contribution in [0, 0.1) is 12.8 Å². The minimum absolute atomic E-state index is 0.105. The summed E-state index contributed by atoms with van der Waals surface area (Å²) in [6.45, 7) is 3.84. The number of hydrogen-bond acceptors (Lipinski definition) is 3. The van der Waals surface area contributed by atoms with Gasteiger partial charge in [-0.3, -0.25) is 4.79 Å². The van der Waals surface area contributed by atoms with Crippen molar-refractivity contribution in [2.75, 3.05) is 20.3 Å². The molecule has 4 heteroatoms. The lowest BCUT2D eigenvalue weighted by atomic mass is 10.1. The number of methoxy groups -OCH3 is 1. The van der Waals surface area contributed by atoms with Crippen LogP contribution in [-0.4, -0.2) is 37.2 Å². The summed E-state index contributed by atoms with van der Waals surface area (Å²) in [5, 5.41) is 0. The van der Waals surface area contributed by atoms with Gasteiger partial charge in [0, 0.05) is 19.2 Å². The van der Waals surface area contributed by atoms with E-state index >= 15 is 0 Å². The number of carbonyl (C=O) groups is 1. The summed E-state index contributed by atoms with van der Waals surface area (Å²) >= 11 is 0. The summed E-state index contributed by atoms with van der Waals surface area (Å²) in [5.74, 6) is 1.41. The lowest BCUT2D eigenvalue weighted by molar-refractivity contribution is -0.144. The van der Waals surface area contributed by atoms with Gasteiger partial charge in [0.15, 0.2) is 0 Å². The SMILES string of the molecule is COC(C(=O)N1CCOc2ccc(C)cc2C1)C1CC1. The van der Waals surface area contributed by atoms with Crippen molar-refractivity contribution in [3.8, 4) is 5.75 Å². The smallest absolute Gasteiger partial charge is 0.252 e. The summed E-state index contributed by atoms with van der Waals surface area (Å²) in [7, 11) is 1.63. The maximum atomic E-state index is 12.6. The monoisotopic (exact) mass is 275 g/mol. The predicted octanol–water partition coefficient (Wildman–Crippen LogP) is 2.14. The van der Waals surface area contributed by atoms with E-state index in [4.69, 9.17) is 9.47 Å². The number of fused-ring (bicyclic) bond motifs is 1. The first kappa shape index (κ1) is 13.4. The van der Waals surface area contributed by atoms with Gasteiger partial charge in [0.25, 0.3) is 5.91 Å². The first-order chi connectivity index (χ1) is 9.69. The van der Waals surface area contributed by atoms with Gasteiger partial charge in [-0.2, -0.15) is 0 Å². The number of rotatable bonds is 3. The third-order valence-electron chi connectivity index (χ3n) is 4.06. The Bertz CT molecular complexity index is 510. The molecule has 1 unspecified atom stereocenters. The number of aryl methyl sites for hydroxylation is 1. The maximum Gasteiger partial charge on any atom is 0.252 e. The molecule has 0 spiro atoms. The molecule has 1 aromatic rings. The van der Waals surface area contributed by atoms with E-state index in [0.717, 1.165) is 24.2 Å². The number of benzene rings is 1. The van der Waals surface area contributed by atoms with Gasteiger partial charge in [0.05, 0.1) is 6.54 Å². The molecule has 0 N–H and O–H groups in total. The van der Waals surface area contributed by atoms with Gasteiger partial charge in [-0.25, -0.2) is 0 Å². The lowest BCUT2D eigenvalue weighted by Gasteiger charge is -2.25. The van der Waals surface area contributed by atoms with Gasteiger partial charge in [0.2, 0.25) is 0 Å². The van der Waals surface area contributed by atoms with E-state index in [0.29, 0.717) is 25.6 Å².